The van der Waals surface area contributed by atoms with Gasteiger partial charge in [-0.3, -0.25) is 4.79 Å². The molecule has 0 saturated heterocycles. The summed E-state index contributed by atoms with van der Waals surface area (Å²) in [6.07, 6.45) is 2.19. The van der Waals surface area contributed by atoms with Crippen molar-refractivity contribution in [1.82, 2.24) is 20.2 Å². The van der Waals surface area contributed by atoms with Gasteiger partial charge in [0.2, 0.25) is 5.82 Å². The van der Waals surface area contributed by atoms with E-state index in [-0.39, 0.29) is 17.9 Å². The van der Waals surface area contributed by atoms with E-state index in [1.54, 1.807) is 10.9 Å². The van der Waals surface area contributed by atoms with Gasteiger partial charge in [-0.05, 0) is 40.8 Å². The Bertz CT molecular complexity index is 624. The Morgan fingerprint density at radius 3 is 2.71 bits per heavy atom. The first-order valence-corrected chi connectivity index (χ1v) is 6.82. The maximum atomic E-state index is 11.2. The van der Waals surface area contributed by atoms with Crippen LogP contribution in [0, 0.1) is 12.3 Å². The van der Waals surface area contributed by atoms with Crippen molar-refractivity contribution in [1.29, 1.82) is 0 Å². The topological polar surface area (TPSA) is 94.0 Å². The van der Waals surface area contributed by atoms with Crippen LogP contribution in [0.15, 0.2) is 16.7 Å². The van der Waals surface area contributed by atoms with Crippen molar-refractivity contribution >= 4 is 5.97 Å². The minimum Gasteiger partial charge on any atom is -0.481 e. The second kappa shape index (κ2) is 5.67. The van der Waals surface area contributed by atoms with Gasteiger partial charge < -0.3 is 9.52 Å². The van der Waals surface area contributed by atoms with Crippen molar-refractivity contribution in [3.8, 4) is 11.6 Å². The van der Waals surface area contributed by atoms with Gasteiger partial charge in [0.1, 0.15) is 0 Å². The fourth-order valence-electron chi connectivity index (χ4n) is 2.34. The van der Waals surface area contributed by atoms with Gasteiger partial charge in [0.05, 0.1) is 18.7 Å². The van der Waals surface area contributed by atoms with Gasteiger partial charge in [-0.15, -0.1) is 5.10 Å². The zero-order valence-electron chi connectivity index (χ0n) is 12.7. The number of carboxylic acids is 1. The number of aryl methyl sites for hydroxylation is 1. The molecule has 114 valence electrons. The molecule has 1 unspecified atom stereocenters. The quantitative estimate of drug-likeness (QED) is 0.910. The minimum atomic E-state index is -0.873. The van der Waals surface area contributed by atoms with Crippen LogP contribution in [0.1, 0.15) is 45.2 Å². The number of aliphatic carboxylic acids is 1. The Balaban J connectivity index is 2.39. The summed E-state index contributed by atoms with van der Waals surface area (Å²) >= 11 is 0. The summed E-state index contributed by atoms with van der Waals surface area (Å²) in [7, 11) is 0. The summed E-state index contributed by atoms with van der Waals surface area (Å²) < 4.78 is 6.98. The van der Waals surface area contributed by atoms with Crippen molar-refractivity contribution in [2.45, 2.75) is 46.6 Å². The third kappa shape index (κ3) is 3.68. The first kappa shape index (κ1) is 15.2. The van der Waals surface area contributed by atoms with Crippen LogP contribution >= 0.6 is 0 Å². The predicted molar refractivity (Wildman–Crippen MR) is 75.6 cm³/mol. The predicted octanol–water partition coefficient (Wildman–Crippen LogP) is 2.69. The molecule has 2 aromatic heterocycles. The highest BCUT2D eigenvalue weighted by molar-refractivity contribution is 5.67. The Kier molecular flexibility index (Phi) is 4.11. The zero-order valence-corrected chi connectivity index (χ0v) is 12.7. The number of furan rings is 1. The molecule has 2 heterocycles. The average molecular weight is 292 g/mol. The number of hydrogen-bond donors (Lipinski definition) is 1. The smallest absolute Gasteiger partial charge is 0.305 e. The Morgan fingerprint density at radius 1 is 1.48 bits per heavy atom. The lowest BCUT2D eigenvalue weighted by molar-refractivity contribution is -0.138. The monoisotopic (exact) mass is 292 g/mol. The highest BCUT2D eigenvalue weighted by Crippen LogP contribution is 2.32. The number of carboxylic acid groups (broad SMARTS) is 1. The Hall–Kier alpha value is -2.18. The molecule has 0 fully saturated rings. The molecule has 7 heteroatoms. The molecule has 21 heavy (non-hydrogen) atoms. The van der Waals surface area contributed by atoms with Crippen LogP contribution in [-0.2, 0) is 4.79 Å². The summed E-state index contributed by atoms with van der Waals surface area (Å²) in [4.78, 5) is 11.2. The number of rotatable bonds is 5. The fraction of sp³-hybridized carbons (Fsp3) is 0.571. The second-order valence-corrected chi connectivity index (χ2v) is 6.40. The van der Waals surface area contributed by atoms with Gasteiger partial charge >= 0.3 is 5.97 Å². The van der Waals surface area contributed by atoms with Crippen molar-refractivity contribution in [3.05, 3.63) is 17.9 Å². The first-order chi connectivity index (χ1) is 9.78. The summed E-state index contributed by atoms with van der Waals surface area (Å²) in [6, 6.07) is 1.50. The van der Waals surface area contributed by atoms with Crippen LogP contribution in [-0.4, -0.2) is 31.3 Å². The molecule has 0 aliphatic carbocycles. The van der Waals surface area contributed by atoms with E-state index >= 15 is 0 Å². The molecule has 1 N–H and O–H groups in total. The van der Waals surface area contributed by atoms with Crippen molar-refractivity contribution in [2.75, 3.05) is 0 Å². The first-order valence-electron chi connectivity index (χ1n) is 6.82. The van der Waals surface area contributed by atoms with Crippen molar-refractivity contribution in [3.63, 3.8) is 0 Å². The standard InChI is InChI=1S/C14H20N4O3/c1-9-5-6-21-12(9)13-15-16-17-18(13)10(7-11(19)20)8-14(2,3)4/h5-6,10H,7-8H2,1-4H3,(H,19,20). The van der Waals surface area contributed by atoms with Crippen LogP contribution in [0.3, 0.4) is 0 Å². The molecule has 1 atom stereocenters. The van der Waals surface area contributed by atoms with Crippen LogP contribution in [0.4, 0.5) is 0 Å². The lowest BCUT2D eigenvalue weighted by atomic mass is 9.87. The van der Waals surface area contributed by atoms with E-state index < -0.39 is 5.97 Å². The summed E-state index contributed by atoms with van der Waals surface area (Å²) in [5.74, 6) is 0.166. The zero-order chi connectivity index (χ0) is 15.6. The highest BCUT2D eigenvalue weighted by atomic mass is 16.4. The van der Waals surface area contributed by atoms with Crippen LogP contribution < -0.4 is 0 Å². The van der Waals surface area contributed by atoms with E-state index in [0.717, 1.165) is 5.56 Å². The molecule has 0 radical (unpaired) electrons. The molecule has 0 bridgehead atoms. The molecule has 0 spiro atoms. The van der Waals surface area contributed by atoms with E-state index in [1.807, 2.05) is 13.0 Å². The number of carbonyl (C=O) groups is 1. The summed E-state index contributed by atoms with van der Waals surface area (Å²) in [5, 5.41) is 20.8. The molecule has 0 aliphatic rings. The number of hydrogen-bond acceptors (Lipinski definition) is 5. The minimum absolute atomic E-state index is 0.0327. The summed E-state index contributed by atoms with van der Waals surface area (Å²) in [6.45, 7) is 8.08. The Morgan fingerprint density at radius 2 is 2.19 bits per heavy atom. The maximum absolute atomic E-state index is 11.2. The molecule has 0 aliphatic heterocycles. The van der Waals surface area contributed by atoms with Gasteiger partial charge in [-0.25, -0.2) is 4.68 Å². The van der Waals surface area contributed by atoms with E-state index in [1.165, 1.54) is 0 Å². The van der Waals surface area contributed by atoms with Gasteiger partial charge in [0.15, 0.2) is 5.76 Å². The molecule has 7 nitrogen and oxygen atoms in total. The van der Waals surface area contributed by atoms with Gasteiger partial charge in [-0.1, -0.05) is 20.8 Å². The third-order valence-corrected chi connectivity index (χ3v) is 3.16. The van der Waals surface area contributed by atoms with Crippen LogP contribution in [0.25, 0.3) is 11.6 Å². The van der Waals surface area contributed by atoms with Crippen molar-refractivity contribution in [2.24, 2.45) is 5.41 Å². The molecular weight excluding hydrogens is 272 g/mol. The lowest BCUT2D eigenvalue weighted by Crippen LogP contribution is -2.22. The summed E-state index contributed by atoms with van der Waals surface area (Å²) in [5.41, 5.74) is 0.873. The largest absolute Gasteiger partial charge is 0.481 e. The van der Waals surface area contributed by atoms with Gasteiger partial charge in [-0.2, -0.15) is 0 Å². The highest BCUT2D eigenvalue weighted by Gasteiger charge is 2.27. The number of tetrazole rings is 1. The molecule has 0 aromatic carbocycles. The number of aromatic nitrogens is 4. The van der Waals surface area contributed by atoms with E-state index in [9.17, 15) is 4.79 Å². The number of nitrogens with zero attached hydrogens (tertiary/aromatic N) is 4. The lowest BCUT2D eigenvalue weighted by Gasteiger charge is -2.25. The fourth-order valence-corrected chi connectivity index (χ4v) is 2.34. The molecule has 0 saturated carbocycles. The molecule has 2 aromatic rings. The molecular formula is C14H20N4O3. The third-order valence-electron chi connectivity index (χ3n) is 3.16. The molecule has 0 amide bonds. The Labute approximate surface area is 123 Å². The second-order valence-electron chi connectivity index (χ2n) is 6.40. The van der Waals surface area contributed by atoms with Crippen LogP contribution in [0.5, 0.6) is 0 Å². The average Bonchev–Trinajstić information content (AvgIpc) is 2.93. The van der Waals surface area contributed by atoms with Crippen LogP contribution in [0.2, 0.25) is 0 Å². The van der Waals surface area contributed by atoms with E-state index in [4.69, 9.17) is 9.52 Å². The maximum Gasteiger partial charge on any atom is 0.305 e. The molecule has 2 rings (SSSR count). The van der Waals surface area contributed by atoms with Crippen molar-refractivity contribution < 1.29 is 14.3 Å². The normalized spacial score (nSPS) is 13.3. The van der Waals surface area contributed by atoms with E-state index in [2.05, 4.69) is 36.3 Å². The SMILES string of the molecule is Cc1ccoc1-c1nnnn1C(CC(=O)O)CC(C)(C)C. The van der Waals surface area contributed by atoms with Gasteiger partial charge in [0.25, 0.3) is 0 Å². The van der Waals surface area contributed by atoms with Gasteiger partial charge in [0, 0.05) is 0 Å². The van der Waals surface area contributed by atoms with E-state index in [0.29, 0.717) is 18.0 Å².